The molecule has 2 rings (SSSR count). The fraction of sp³-hybridized carbons (Fsp3) is 0.364. The molecule has 16 heavy (non-hydrogen) atoms. The molecule has 5 heteroatoms. The van der Waals surface area contributed by atoms with Gasteiger partial charge in [-0.05, 0) is 25.0 Å². The summed E-state index contributed by atoms with van der Waals surface area (Å²) >= 11 is 0. The highest BCUT2D eigenvalue weighted by Gasteiger charge is 2.68. The quantitative estimate of drug-likeness (QED) is 0.834. The van der Waals surface area contributed by atoms with E-state index in [1.54, 1.807) is 0 Å². The molecule has 0 saturated heterocycles. The van der Waals surface area contributed by atoms with Crippen LogP contribution in [-0.4, -0.2) is 16.2 Å². The van der Waals surface area contributed by atoms with Crippen molar-refractivity contribution >= 4 is 5.97 Å². The van der Waals surface area contributed by atoms with Crippen molar-refractivity contribution in [2.24, 2.45) is 5.41 Å². The normalized spacial score (nSPS) is 18.1. The number of aliphatic carboxylic acids is 1. The van der Waals surface area contributed by atoms with Crippen LogP contribution in [0.4, 0.5) is 8.78 Å². The molecule has 0 spiro atoms. The summed E-state index contributed by atoms with van der Waals surface area (Å²) in [5.41, 5.74) is -2.65. The number of hydrogen-bond acceptors (Lipinski definition) is 2. The van der Waals surface area contributed by atoms with Crippen LogP contribution < -0.4 is 0 Å². The highest BCUT2D eigenvalue weighted by Crippen LogP contribution is 2.62. The molecular formula is C11H10F2O3. The van der Waals surface area contributed by atoms with E-state index in [-0.39, 0.29) is 12.8 Å². The molecule has 1 aromatic carbocycles. The SMILES string of the molecule is O=C(O)C1(C(F)(F)c2ccccc2O)CC1. The molecule has 0 unspecified atom stereocenters. The van der Waals surface area contributed by atoms with E-state index in [1.807, 2.05) is 0 Å². The Bertz CT molecular complexity index is 439. The molecule has 0 heterocycles. The first-order valence-corrected chi connectivity index (χ1v) is 4.81. The monoisotopic (exact) mass is 228 g/mol. The first-order chi connectivity index (χ1) is 7.42. The lowest BCUT2D eigenvalue weighted by Crippen LogP contribution is -2.34. The van der Waals surface area contributed by atoms with Crippen molar-refractivity contribution < 1.29 is 23.8 Å². The summed E-state index contributed by atoms with van der Waals surface area (Å²) in [5.74, 6) is -5.62. The van der Waals surface area contributed by atoms with Gasteiger partial charge in [-0.3, -0.25) is 4.79 Å². The smallest absolute Gasteiger partial charge is 0.316 e. The number of phenolic OH excluding ortho intramolecular Hbond substituents is 1. The van der Waals surface area contributed by atoms with Crippen molar-refractivity contribution in [3.05, 3.63) is 29.8 Å². The maximum atomic E-state index is 14.0. The van der Waals surface area contributed by atoms with Crippen molar-refractivity contribution in [2.45, 2.75) is 18.8 Å². The summed E-state index contributed by atoms with van der Waals surface area (Å²) in [5, 5.41) is 18.2. The minimum absolute atomic E-state index is 0.0658. The maximum absolute atomic E-state index is 14.0. The predicted octanol–water partition coefficient (Wildman–Crippen LogP) is 2.35. The van der Waals surface area contributed by atoms with Crippen molar-refractivity contribution in [1.29, 1.82) is 0 Å². The molecule has 1 aliphatic carbocycles. The zero-order valence-electron chi connectivity index (χ0n) is 8.28. The summed E-state index contributed by atoms with van der Waals surface area (Å²) in [6.07, 6.45) is -0.132. The second-order valence-electron chi connectivity index (χ2n) is 3.98. The summed E-state index contributed by atoms with van der Waals surface area (Å²) in [7, 11) is 0. The summed E-state index contributed by atoms with van der Waals surface area (Å²) in [6.45, 7) is 0. The topological polar surface area (TPSA) is 57.5 Å². The number of rotatable bonds is 3. The first-order valence-electron chi connectivity index (χ1n) is 4.81. The fourth-order valence-corrected chi connectivity index (χ4v) is 1.78. The molecule has 0 radical (unpaired) electrons. The summed E-state index contributed by atoms with van der Waals surface area (Å²) < 4.78 is 27.9. The van der Waals surface area contributed by atoms with E-state index in [1.165, 1.54) is 12.1 Å². The average molecular weight is 228 g/mol. The number of alkyl halides is 2. The molecule has 1 saturated carbocycles. The minimum atomic E-state index is -3.54. The Kier molecular flexibility index (Phi) is 2.15. The van der Waals surface area contributed by atoms with Crippen LogP contribution in [0.5, 0.6) is 5.75 Å². The molecule has 0 aromatic heterocycles. The third-order valence-electron chi connectivity index (χ3n) is 3.00. The third kappa shape index (κ3) is 1.27. The Labute approximate surface area is 90.3 Å². The van der Waals surface area contributed by atoms with E-state index in [4.69, 9.17) is 5.11 Å². The number of benzene rings is 1. The van der Waals surface area contributed by atoms with E-state index in [0.29, 0.717) is 0 Å². The molecular weight excluding hydrogens is 218 g/mol. The molecule has 0 atom stereocenters. The van der Waals surface area contributed by atoms with Crippen molar-refractivity contribution in [1.82, 2.24) is 0 Å². The highest BCUT2D eigenvalue weighted by atomic mass is 19.3. The summed E-state index contributed by atoms with van der Waals surface area (Å²) in [6, 6.07) is 4.94. The zero-order valence-corrected chi connectivity index (χ0v) is 8.28. The van der Waals surface area contributed by atoms with Gasteiger partial charge in [-0.25, -0.2) is 0 Å². The van der Waals surface area contributed by atoms with Crippen LogP contribution in [-0.2, 0) is 10.7 Å². The molecule has 2 N–H and O–H groups in total. The maximum Gasteiger partial charge on any atom is 0.316 e. The van der Waals surface area contributed by atoms with Crippen LogP contribution in [0.15, 0.2) is 24.3 Å². The van der Waals surface area contributed by atoms with Crippen LogP contribution in [0, 0.1) is 5.41 Å². The van der Waals surface area contributed by atoms with Gasteiger partial charge in [0.1, 0.15) is 11.2 Å². The Morgan fingerprint density at radius 3 is 2.31 bits per heavy atom. The van der Waals surface area contributed by atoms with E-state index < -0.39 is 28.6 Å². The van der Waals surface area contributed by atoms with E-state index >= 15 is 0 Å². The van der Waals surface area contributed by atoms with Gasteiger partial charge in [0.15, 0.2) is 0 Å². The van der Waals surface area contributed by atoms with Crippen molar-refractivity contribution in [3.8, 4) is 5.75 Å². The number of carboxylic acid groups (broad SMARTS) is 1. The van der Waals surface area contributed by atoms with Gasteiger partial charge in [0.05, 0.1) is 5.56 Å². The van der Waals surface area contributed by atoms with Crippen LogP contribution >= 0.6 is 0 Å². The number of halogens is 2. The molecule has 1 fully saturated rings. The van der Waals surface area contributed by atoms with Gasteiger partial charge in [-0.2, -0.15) is 8.78 Å². The van der Waals surface area contributed by atoms with E-state index in [2.05, 4.69) is 0 Å². The van der Waals surface area contributed by atoms with E-state index in [9.17, 15) is 18.7 Å². The van der Waals surface area contributed by atoms with Gasteiger partial charge in [0.2, 0.25) is 0 Å². The highest BCUT2D eigenvalue weighted by molar-refractivity contribution is 5.80. The van der Waals surface area contributed by atoms with Crippen LogP contribution in [0.2, 0.25) is 0 Å². The standard InChI is InChI=1S/C11H10F2O3/c12-11(13,10(5-6-10)9(15)16)7-3-1-2-4-8(7)14/h1-4,14H,5-6H2,(H,15,16). The Hall–Kier alpha value is -1.65. The average Bonchev–Trinajstić information content (AvgIpc) is 2.98. The Balaban J connectivity index is 2.48. The number of hydrogen-bond donors (Lipinski definition) is 2. The van der Waals surface area contributed by atoms with Crippen LogP contribution in [0.3, 0.4) is 0 Å². The van der Waals surface area contributed by atoms with Crippen LogP contribution in [0.1, 0.15) is 18.4 Å². The number of aromatic hydroxyl groups is 1. The molecule has 0 amide bonds. The van der Waals surface area contributed by atoms with Gasteiger partial charge in [0, 0.05) is 0 Å². The van der Waals surface area contributed by atoms with Gasteiger partial charge in [-0.15, -0.1) is 0 Å². The number of phenols is 1. The minimum Gasteiger partial charge on any atom is -0.507 e. The second-order valence-corrected chi connectivity index (χ2v) is 3.98. The zero-order chi connectivity index (χ0) is 12.0. The Morgan fingerprint density at radius 2 is 1.88 bits per heavy atom. The van der Waals surface area contributed by atoms with Gasteiger partial charge in [-0.1, -0.05) is 12.1 Å². The second kappa shape index (κ2) is 3.17. The largest absolute Gasteiger partial charge is 0.507 e. The molecule has 1 aliphatic rings. The lowest BCUT2D eigenvalue weighted by Gasteiger charge is -2.24. The molecule has 86 valence electrons. The third-order valence-corrected chi connectivity index (χ3v) is 3.00. The van der Waals surface area contributed by atoms with Crippen molar-refractivity contribution in [3.63, 3.8) is 0 Å². The molecule has 1 aromatic rings. The molecule has 3 nitrogen and oxygen atoms in total. The summed E-state index contributed by atoms with van der Waals surface area (Å²) in [4.78, 5) is 10.9. The fourth-order valence-electron chi connectivity index (χ4n) is 1.78. The van der Waals surface area contributed by atoms with Gasteiger partial charge in [0.25, 0.3) is 5.92 Å². The first kappa shape index (κ1) is 10.9. The predicted molar refractivity (Wildman–Crippen MR) is 51.3 cm³/mol. The van der Waals surface area contributed by atoms with Gasteiger partial charge < -0.3 is 10.2 Å². The molecule has 0 bridgehead atoms. The van der Waals surface area contributed by atoms with Gasteiger partial charge >= 0.3 is 5.97 Å². The number of carbonyl (C=O) groups is 1. The lowest BCUT2D eigenvalue weighted by atomic mass is 9.91. The lowest BCUT2D eigenvalue weighted by molar-refractivity contribution is -0.163. The van der Waals surface area contributed by atoms with Crippen LogP contribution in [0.25, 0.3) is 0 Å². The Morgan fingerprint density at radius 1 is 1.31 bits per heavy atom. The number of para-hydroxylation sites is 1. The van der Waals surface area contributed by atoms with Crippen molar-refractivity contribution in [2.75, 3.05) is 0 Å². The number of carboxylic acids is 1. The van der Waals surface area contributed by atoms with E-state index in [0.717, 1.165) is 12.1 Å². The molecule has 0 aliphatic heterocycles.